The Morgan fingerprint density at radius 1 is 0.917 bits per heavy atom. The minimum absolute atomic E-state index is 0.0212. The molecule has 0 saturated carbocycles. The molecule has 0 aromatic heterocycles. The number of ether oxygens (including phenoxy) is 1. The van der Waals surface area contributed by atoms with E-state index >= 15 is 0 Å². The van der Waals surface area contributed by atoms with Gasteiger partial charge < -0.3 is 15.0 Å². The fourth-order valence-corrected chi connectivity index (χ4v) is 5.28. The molecule has 3 aromatic rings. The van der Waals surface area contributed by atoms with Gasteiger partial charge in [0.1, 0.15) is 18.3 Å². The Kier molecular flexibility index (Phi) is 9.08. The van der Waals surface area contributed by atoms with Gasteiger partial charge in [-0.25, -0.2) is 8.42 Å². The van der Waals surface area contributed by atoms with Crippen molar-refractivity contribution in [2.45, 2.75) is 30.8 Å². The van der Waals surface area contributed by atoms with Crippen molar-refractivity contribution in [3.63, 3.8) is 0 Å². The van der Waals surface area contributed by atoms with Crippen LogP contribution >= 0.6 is 0 Å². The molecule has 0 aliphatic rings. The highest BCUT2D eigenvalue weighted by Crippen LogP contribution is 2.26. The molecule has 0 saturated heterocycles. The smallest absolute Gasteiger partial charge is 0.264 e. The Morgan fingerprint density at radius 3 is 2.03 bits per heavy atom. The lowest BCUT2D eigenvalue weighted by atomic mass is 10.1. The number of sulfonamides is 1. The fraction of sp³-hybridized carbons (Fsp3) is 0.259. The molecule has 8 nitrogen and oxygen atoms in total. The number of nitrogens with one attached hydrogen (secondary N) is 1. The van der Waals surface area contributed by atoms with Crippen LogP contribution in [0.1, 0.15) is 18.9 Å². The van der Waals surface area contributed by atoms with Crippen LogP contribution in [0.5, 0.6) is 5.75 Å². The summed E-state index contributed by atoms with van der Waals surface area (Å²) in [6.45, 7) is 1.50. The Labute approximate surface area is 212 Å². The second kappa shape index (κ2) is 12.2. The lowest BCUT2D eigenvalue weighted by molar-refractivity contribution is -0.140. The Bertz CT molecular complexity index is 1250. The Balaban J connectivity index is 2.02. The largest absolute Gasteiger partial charge is 0.497 e. The number of amides is 2. The number of nitrogens with zero attached hydrogens (tertiary/aromatic N) is 2. The normalized spacial score (nSPS) is 11.9. The second-order valence-corrected chi connectivity index (χ2v) is 9.93. The lowest BCUT2D eigenvalue weighted by Crippen LogP contribution is -2.51. The van der Waals surface area contributed by atoms with Crippen molar-refractivity contribution in [3.8, 4) is 5.75 Å². The molecule has 0 radical (unpaired) electrons. The molecule has 1 N–H and O–H groups in total. The third-order valence-electron chi connectivity index (χ3n) is 5.80. The van der Waals surface area contributed by atoms with E-state index in [-0.39, 0.29) is 17.3 Å². The van der Waals surface area contributed by atoms with Crippen LogP contribution in [0.2, 0.25) is 0 Å². The van der Waals surface area contributed by atoms with Gasteiger partial charge in [-0.05, 0) is 48.4 Å². The number of anilines is 1. The van der Waals surface area contributed by atoms with Gasteiger partial charge in [0, 0.05) is 13.6 Å². The first-order chi connectivity index (χ1) is 17.3. The van der Waals surface area contributed by atoms with E-state index in [1.54, 1.807) is 42.5 Å². The maximum atomic E-state index is 13.8. The van der Waals surface area contributed by atoms with Crippen LogP contribution in [0.4, 0.5) is 5.69 Å². The summed E-state index contributed by atoms with van der Waals surface area (Å²) in [6.07, 6.45) is 0.370. The number of hydrogen-bond acceptors (Lipinski definition) is 5. The van der Waals surface area contributed by atoms with Crippen LogP contribution in [-0.4, -0.2) is 51.9 Å². The SMILES string of the molecule is CC[C@@H](C(=O)NC)N(Cc1ccccc1)C(=O)CN(c1ccccc1)S(=O)(=O)c1ccc(OC)cc1. The summed E-state index contributed by atoms with van der Waals surface area (Å²) in [5.74, 6) is -0.289. The van der Waals surface area contributed by atoms with Gasteiger partial charge in [-0.15, -0.1) is 0 Å². The van der Waals surface area contributed by atoms with Crippen LogP contribution in [0.3, 0.4) is 0 Å². The van der Waals surface area contributed by atoms with Crippen molar-refractivity contribution in [3.05, 3.63) is 90.5 Å². The third kappa shape index (κ3) is 6.23. The van der Waals surface area contributed by atoms with Gasteiger partial charge in [-0.1, -0.05) is 55.5 Å². The van der Waals surface area contributed by atoms with Crippen molar-refractivity contribution in [2.24, 2.45) is 0 Å². The number of carbonyl (C=O) groups excluding carboxylic acids is 2. The standard InChI is InChI=1S/C27H31N3O5S/c1-4-25(27(32)28-2)29(19-21-11-7-5-8-12-21)26(31)20-30(22-13-9-6-10-14-22)36(33,34)24-17-15-23(35-3)16-18-24/h5-18,25H,4,19-20H2,1-3H3,(H,28,32)/t25-/m0/s1. The molecule has 1 atom stereocenters. The van der Waals surface area contributed by atoms with E-state index < -0.39 is 28.5 Å². The minimum Gasteiger partial charge on any atom is -0.497 e. The Hall–Kier alpha value is -3.85. The van der Waals surface area contributed by atoms with Gasteiger partial charge in [0.15, 0.2) is 0 Å². The average Bonchev–Trinajstić information content (AvgIpc) is 2.92. The number of likely N-dealkylation sites (N-methyl/N-ethyl adjacent to an activating group) is 1. The molecule has 36 heavy (non-hydrogen) atoms. The third-order valence-corrected chi connectivity index (χ3v) is 7.59. The predicted molar refractivity (Wildman–Crippen MR) is 139 cm³/mol. The molecule has 0 heterocycles. The fourth-order valence-electron chi connectivity index (χ4n) is 3.86. The van der Waals surface area contributed by atoms with Gasteiger partial charge in [0.05, 0.1) is 17.7 Å². The Morgan fingerprint density at radius 2 is 1.50 bits per heavy atom. The molecule has 0 spiro atoms. The van der Waals surface area contributed by atoms with Crippen molar-refractivity contribution in [1.82, 2.24) is 10.2 Å². The van der Waals surface area contributed by atoms with Gasteiger partial charge >= 0.3 is 0 Å². The molecule has 0 fully saturated rings. The summed E-state index contributed by atoms with van der Waals surface area (Å²) in [5, 5.41) is 2.61. The van der Waals surface area contributed by atoms with E-state index in [1.165, 1.54) is 31.2 Å². The summed E-state index contributed by atoms with van der Waals surface area (Å²) in [4.78, 5) is 27.9. The topological polar surface area (TPSA) is 96.0 Å². The zero-order chi connectivity index (χ0) is 26.1. The van der Waals surface area contributed by atoms with Crippen molar-refractivity contribution < 1.29 is 22.7 Å². The highest BCUT2D eigenvalue weighted by atomic mass is 32.2. The average molecular weight is 510 g/mol. The van der Waals surface area contributed by atoms with Gasteiger partial charge in [0.2, 0.25) is 11.8 Å². The first-order valence-electron chi connectivity index (χ1n) is 11.6. The van der Waals surface area contributed by atoms with E-state index in [1.807, 2.05) is 37.3 Å². The molecule has 0 aliphatic carbocycles. The van der Waals surface area contributed by atoms with Crippen LogP contribution < -0.4 is 14.4 Å². The van der Waals surface area contributed by atoms with E-state index in [0.717, 1.165) is 9.87 Å². The molecule has 0 bridgehead atoms. The van der Waals surface area contributed by atoms with Crippen molar-refractivity contribution >= 4 is 27.5 Å². The highest BCUT2D eigenvalue weighted by Gasteiger charge is 2.33. The zero-order valence-electron chi connectivity index (χ0n) is 20.6. The number of methoxy groups -OCH3 is 1. The van der Waals surface area contributed by atoms with Gasteiger partial charge in [-0.3, -0.25) is 13.9 Å². The molecule has 2 amide bonds. The lowest BCUT2D eigenvalue weighted by Gasteiger charge is -2.33. The monoisotopic (exact) mass is 509 g/mol. The summed E-state index contributed by atoms with van der Waals surface area (Å²) in [6, 6.07) is 23.0. The molecular formula is C27H31N3O5S. The number of para-hydroxylation sites is 1. The number of rotatable bonds is 11. The predicted octanol–water partition coefficient (Wildman–Crippen LogP) is 3.44. The van der Waals surface area contributed by atoms with Crippen molar-refractivity contribution in [1.29, 1.82) is 0 Å². The molecule has 3 aromatic carbocycles. The van der Waals surface area contributed by atoms with E-state index in [2.05, 4.69) is 5.32 Å². The highest BCUT2D eigenvalue weighted by molar-refractivity contribution is 7.92. The maximum Gasteiger partial charge on any atom is 0.264 e. The van der Waals surface area contributed by atoms with Crippen LogP contribution in [0.25, 0.3) is 0 Å². The van der Waals surface area contributed by atoms with Gasteiger partial charge in [0.25, 0.3) is 10.0 Å². The number of carbonyl (C=O) groups is 2. The number of benzene rings is 3. The van der Waals surface area contributed by atoms with Crippen molar-refractivity contribution in [2.75, 3.05) is 25.0 Å². The summed E-state index contributed by atoms with van der Waals surface area (Å²) in [7, 11) is -1.10. The van der Waals surface area contributed by atoms with Crippen LogP contribution in [0.15, 0.2) is 89.8 Å². The summed E-state index contributed by atoms with van der Waals surface area (Å²) in [5.41, 5.74) is 1.17. The molecule has 190 valence electrons. The minimum atomic E-state index is -4.11. The number of hydrogen-bond donors (Lipinski definition) is 1. The summed E-state index contributed by atoms with van der Waals surface area (Å²) < 4.78 is 33.6. The second-order valence-electron chi connectivity index (χ2n) is 8.07. The van der Waals surface area contributed by atoms with E-state index in [0.29, 0.717) is 17.9 Å². The van der Waals surface area contributed by atoms with E-state index in [4.69, 9.17) is 4.74 Å². The molecular weight excluding hydrogens is 478 g/mol. The molecule has 9 heteroatoms. The van der Waals surface area contributed by atoms with E-state index in [9.17, 15) is 18.0 Å². The first-order valence-corrected chi connectivity index (χ1v) is 13.0. The quantitative estimate of drug-likeness (QED) is 0.427. The van der Waals surface area contributed by atoms with Crippen LogP contribution in [-0.2, 0) is 26.2 Å². The molecule has 3 rings (SSSR count). The molecule has 0 aliphatic heterocycles. The summed E-state index contributed by atoms with van der Waals surface area (Å²) >= 11 is 0. The van der Waals surface area contributed by atoms with Crippen LogP contribution in [0, 0.1) is 0 Å². The van der Waals surface area contributed by atoms with Gasteiger partial charge in [-0.2, -0.15) is 0 Å². The molecule has 0 unspecified atom stereocenters. The maximum absolute atomic E-state index is 13.8. The first kappa shape index (κ1) is 26.7. The zero-order valence-corrected chi connectivity index (χ0v) is 21.4.